The molecule has 1 amide bonds. The van der Waals surface area contributed by atoms with E-state index >= 15 is 0 Å². The number of aryl methyl sites for hydroxylation is 1. The molecule has 0 unspecified atom stereocenters. The number of methoxy groups -OCH3 is 1. The highest BCUT2D eigenvalue weighted by molar-refractivity contribution is 8.26. The molecule has 0 radical (unpaired) electrons. The van der Waals surface area contributed by atoms with Crippen LogP contribution < -0.4 is 10.1 Å². The molecule has 134 valence electrons. The highest BCUT2D eigenvalue weighted by Gasteiger charge is 2.31. The number of anilines is 1. The predicted molar refractivity (Wildman–Crippen MR) is 109 cm³/mol. The molecular formula is C19H18N2O3S2. The van der Waals surface area contributed by atoms with E-state index < -0.39 is 0 Å². The Morgan fingerprint density at radius 1 is 1.27 bits per heavy atom. The minimum absolute atomic E-state index is 0.0551. The van der Waals surface area contributed by atoms with Gasteiger partial charge in [0, 0.05) is 5.69 Å². The number of rotatable bonds is 5. The van der Waals surface area contributed by atoms with E-state index in [1.807, 2.05) is 31.2 Å². The Labute approximate surface area is 161 Å². The highest BCUT2D eigenvalue weighted by atomic mass is 32.2. The fraction of sp³-hybridized carbons (Fsp3) is 0.158. The van der Waals surface area contributed by atoms with E-state index in [2.05, 4.69) is 5.32 Å². The lowest BCUT2D eigenvalue weighted by Crippen LogP contribution is -2.33. The largest absolute Gasteiger partial charge is 0.504 e. The number of carbonyl (C=O) groups excluding carboxylic acids is 1. The van der Waals surface area contributed by atoms with Gasteiger partial charge in [-0.15, -0.1) is 0 Å². The maximum atomic E-state index is 12.6. The van der Waals surface area contributed by atoms with Crippen molar-refractivity contribution in [3.63, 3.8) is 0 Å². The predicted octanol–water partition coefficient (Wildman–Crippen LogP) is 3.98. The number of ether oxygens (including phenoxy) is 1. The molecule has 0 bridgehead atoms. The van der Waals surface area contributed by atoms with Gasteiger partial charge >= 0.3 is 0 Å². The van der Waals surface area contributed by atoms with Crippen molar-refractivity contribution in [2.45, 2.75) is 6.92 Å². The summed E-state index contributed by atoms with van der Waals surface area (Å²) >= 11 is 6.60. The number of benzene rings is 2. The molecule has 5 nitrogen and oxygen atoms in total. The number of phenols is 1. The molecule has 7 heteroatoms. The van der Waals surface area contributed by atoms with Gasteiger partial charge in [0.1, 0.15) is 4.32 Å². The molecule has 26 heavy (non-hydrogen) atoms. The van der Waals surface area contributed by atoms with Gasteiger partial charge in [-0.2, -0.15) is 0 Å². The molecule has 0 aliphatic carbocycles. The molecule has 0 aromatic heterocycles. The van der Waals surface area contributed by atoms with E-state index in [0.29, 0.717) is 21.6 Å². The molecule has 0 atom stereocenters. The van der Waals surface area contributed by atoms with Crippen molar-refractivity contribution in [3.8, 4) is 11.5 Å². The van der Waals surface area contributed by atoms with Crippen LogP contribution in [0.15, 0.2) is 47.4 Å². The third kappa shape index (κ3) is 4.00. The number of phenolic OH excluding ortho intramolecular Hbond substituents is 1. The van der Waals surface area contributed by atoms with Gasteiger partial charge in [0.15, 0.2) is 11.5 Å². The van der Waals surface area contributed by atoms with Gasteiger partial charge in [0.05, 0.1) is 18.7 Å². The molecule has 3 rings (SSSR count). The van der Waals surface area contributed by atoms with Gasteiger partial charge in [-0.1, -0.05) is 47.7 Å². The molecule has 1 fully saturated rings. The molecule has 1 saturated heterocycles. The van der Waals surface area contributed by atoms with Crippen molar-refractivity contribution in [2.24, 2.45) is 0 Å². The van der Waals surface area contributed by atoms with Crippen LogP contribution in [0.1, 0.15) is 11.1 Å². The van der Waals surface area contributed by atoms with Crippen LogP contribution in [0.5, 0.6) is 11.5 Å². The first-order valence-corrected chi connectivity index (χ1v) is 9.13. The smallest absolute Gasteiger partial charge is 0.267 e. The van der Waals surface area contributed by atoms with Crippen LogP contribution in [0.4, 0.5) is 5.69 Å². The number of hydrogen-bond acceptors (Lipinski definition) is 6. The quantitative estimate of drug-likeness (QED) is 0.599. The summed E-state index contributed by atoms with van der Waals surface area (Å²) in [7, 11) is 1.48. The Hall–Kier alpha value is -2.51. The zero-order chi connectivity index (χ0) is 18.7. The SMILES string of the molecule is COc1cc(/C=C2/SC(=S)N(CNc3ccc(C)cc3)C2=O)ccc1O. The molecule has 2 N–H and O–H groups in total. The summed E-state index contributed by atoms with van der Waals surface area (Å²) in [5.41, 5.74) is 2.86. The van der Waals surface area contributed by atoms with Crippen LogP contribution in [0, 0.1) is 6.92 Å². The molecule has 0 saturated carbocycles. The van der Waals surface area contributed by atoms with Crippen LogP contribution in [0.3, 0.4) is 0 Å². The molecule has 1 heterocycles. The topological polar surface area (TPSA) is 61.8 Å². The summed E-state index contributed by atoms with van der Waals surface area (Å²) in [5, 5.41) is 12.9. The minimum atomic E-state index is -0.147. The van der Waals surface area contributed by atoms with Gasteiger partial charge in [0.2, 0.25) is 0 Å². The summed E-state index contributed by atoms with van der Waals surface area (Å²) in [4.78, 5) is 14.7. The highest BCUT2D eigenvalue weighted by Crippen LogP contribution is 2.34. The number of nitrogens with one attached hydrogen (secondary N) is 1. The summed E-state index contributed by atoms with van der Waals surface area (Å²) in [6.07, 6.45) is 1.74. The number of carbonyl (C=O) groups is 1. The van der Waals surface area contributed by atoms with Gasteiger partial charge < -0.3 is 15.2 Å². The first-order chi connectivity index (χ1) is 12.5. The average molecular weight is 386 g/mol. The number of aromatic hydroxyl groups is 1. The number of hydrogen-bond donors (Lipinski definition) is 2. The maximum Gasteiger partial charge on any atom is 0.267 e. The van der Waals surface area contributed by atoms with Crippen molar-refractivity contribution in [3.05, 3.63) is 58.5 Å². The second kappa shape index (κ2) is 7.80. The van der Waals surface area contributed by atoms with E-state index in [1.54, 1.807) is 18.2 Å². The molecular weight excluding hydrogens is 368 g/mol. The molecule has 1 aliphatic rings. The van der Waals surface area contributed by atoms with E-state index in [9.17, 15) is 9.90 Å². The van der Waals surface area contributed by atoms with Gasteiger partial charge in [0.25, 0.3) is 5.91 Å². The zero-order valence-electron chi connectivity index (χ0n) is 14.4. The lowest BCUT2D eigenvalue weighted by Gasteiger charge is -2.16. The Balaban J connectivity index is 1.72. The first-order valence-electron chi connectivity index (χ1n) is 7.91. The monoisotopic (exact) mass is 386 g/mol. The summed E-state index contributed by atoms with van der Waals surface area (Å²) < 4.78 is 5.60. The van der Waals surface area contributed by atoms with Crippen molar-refractivity contribution >= 4 is 46.0 Å². The van der Waals surface area contributed by atoms with Crippen molar-refractivity contribution in [1.82, 2.24) is 4.90 Å². The zero-order valence-corrected chi connectivity index (χ0v) is 16.0. The Morgan fingerprint density at radius 2 is 2.00 bits per heavy atom. The van der Waals surface area contributed by atoms with E-state index in [-0.39, 0.29) is 11.7 Å². The lowest BCUT2D eigenvalue weighted by molar-refractivity contribution is -0.121. The van der Waals surface area contributed by atoms with Crippen LogP contribution >= 0.6 is 24.0 Å². The first kappa shape index (κ1) is 18.3. The third-order valence-electron chi connectivity index (χ3n) is 3.87. The summed E-state index contributed by atoms with van der Waals surface area (Å²) in [5.74, 6) is 0.265. The standard InChI is InChI=1S/C19H18N2O3S2/c1-12-3-6-14(7-4-12)20-11-21-18(23)17(26-19(21)25)10-13-5-8-15(22)16(9-13)24-2/h3-10,20,22H,11H2,1-2H3/b17-10+. The van der Waals surface area contributed by atoms with E-state index in [0.717, 1.165) is 11.3 Å². The fourth-order valence-electron chi connectivity index (χ4n) is 2.41. The Kier molecular flexibility index (Phi) is 5.49. The van der Waals surface area contributed by atoms with E-state index in [4.69, 9.17) is 17.0 Å². The third-order valence-corrected chi connectivity index (χ3v) is 5.25. The van der Waals surface area contributed by atoms with Gasteiger partial charge in [-0.25, -0.2) is 0 Å². The van der Waals surface area contributed by atoms with Gasteiger partial charge in [-0.3, -0.25) is 9.69 Å². The number of thioether (sulfide) groups is 1. The fourth-order valence-corrected chi connectivity index (χ4v) is 3.67. The maximum absolute atomic E-state index is 12.6. The number of thiocarbonyl (C=S) groups is 1. The average Bonchev–Trinajstić information content (AvgIpc) is 2.89. The summed E-state index contributed by atoms with van der Waals surface area (Å²) in [6, 6.07) is 12.9. The second-order valence-electron chi connectivity index (χ2n) is 5.74. The second-order valence-corrected chi connectivity index (χ2v) is 7.42. The molecule has 0 spiro atoms. The van der Waals surface area contributed by atoms with Crippen LogP contribution in [-0.4, -0.2) is 34.0 Å². The Bertz CT molecular complexity index is 879. The van der Waals surface area contributed by atoms with Gasteiger partial charge in [-0.05, 0) is 42.8 Å². The molecule has 1 aliphatic heterocycles. The lowest BCUT2D eigenvalue weighted by atomic mass is 10.2. The Morgan fingerprint density at radius 3 is 2.69 bits per heavy atom. The van der Waals surface area contributed by atoms with Crippen LogP contribution in [-0.2, 0) is 4.79 Å². The normalized spacial score (nSPS) is 15.6. The van der Waals surface area contributed by atoms with Crippen molar-refractivity contribution in [1.29, 1.82) is 0 Å². The molecule has 2 aromatic rings. The number of amides is 1. The number of nitrogens with zero attached hydrogens (tertiary/aromatic N) is 1. The van der Waals surface area contributed by atoms with Crippen molar-refractivity contribution in [2.75, 3.05) is 19.1 Å². The van der Waals surface area contributed by atoms with E-state index in [1.165, 1.54) is 35.4 Å². The van der Waals surface area contributed by atoms with Crippen LogP contribution in [0.25, 0.3) is 6.08 Å². The minimum Gasteiger partial charge on any atom is -0.504 e. The summed E-state index contributed by atoms with van der Waals surface area (Å²) in [6.45, 7) is 2.33. The van der Waals surface area contributed by atoms with Crippen LogP contribution in [0.2, 0.25) is 0 Å². The molecule has 2 aromatic carbocycles. The van der Waals surface area contributed by atoms with Crippen molar-refractivity contribution < 1.29 is 14.6 Å².